The monoisotopic (exact) mass is 508 g/mol. The van der Waals surface area contributed by atoms with Crippen LogP contribution in [-0.4, -0.2) is 50.6 Å². The zero-order valence-corrected chi connectivity index (χ0v) is 18.8. The first-order chi connectivity index (χ1) is 14.0. The SMILES string of the molecule is COc1ccc(C(=O)N2CCC(CNC(=O)c3ccccc3I)CC2)cc1OC. The average molecular weight is 508 g/mol. The second-order valence-corrected chi connectivity index (χ2v) is 8.16. The third-order valence-electron chi connectivity index (χ3n) is 5.20. The van der Waals surface area contributed by atoms with Gasteiger partial charge in [-0.25, -0.2) is 0 Å². The summed E-state index contributed by atoms with van der Waals surface area (Å²) in [5.74, 6) is 1.47. The van der Waals surface area contributed by atoms with E-state index >= 15 is 0 Å². The first kappa shape index (κ1) is 21.4. The molecule has 2 amide bonds. The van der Waals surface area contributed by atoms with Crippen molar-refractivity contribution in [2.24, 2.45) is 5.92 Å². The van der Waals surface area contributed by atoms with Gasteiger partial charge in [0.05, 0.1) is 19.8 Å². The summed E-state index contributed by atoms with van der Waals surface area (Å²) in [5, 5.41) is 3.04. The highest BCUT2D eigenvalue weighted by Crippen LogP contribution is 2.28. The molecule has 0 spiro atoms. The molecule has 3 rings (SSSR count). The summed E-state index contributed by atoms with van der Waals surface area (Å²) < 4.78 is 11.5. The van der Waals surface area contributed by atoms with Crippen molar-refractivity contribution in [3.63, 3.8) is 0 Å². The largest absolute Gasteiger partial charge is 0.493 e. The van der Waals surface area contributed by atoms with Crippen molar-refractivity contribution >= 4 is 34.4 Å². The molecule has 6 nitrogen and oxygen atoms in total. The summed E-state index contributed by atoms with van der Waals surface area (Å²) >= 11 is 2.17. The molecule has 0 aromatic heterocycles. The van der Waals surface area contributed by atoms with Gasteiger partial charge < -0.3 is 19.7 Å². The maximum atomic E-state index is 12.8. The van der Waals surface area contributed by atoms with Gasteiger partial charge >= 0.3 is 0 Å². The van der Waals surface area contributed by atoms with Crippen LogP contribution in [0.1, 0.15) is 33.6 Å². The van der Waals surface area contributed by atoms with Crippen LogP contribution in [0.5, 0.6) is 11.5 Å². The number of piperidine rings is 1. The van der Waals surface area contributed by atoms with E-state index in [0.29, 0.717) is 48.2 Å². The molecule has 1 N–H and O–H groups in total. The van der Waals surface area contributed by atoms with Gasteiger partial charge in [0.25, 0.3) is 11.8 Å². The maximum absolute atomic E-state index is 12.8. The van der Waals surface area contributed by atoms with Gasteiger partial charge in [-0.1, -0.05) is 12.1 Å². The Bertz CT molecular complexity index is 879. The van der Waals surface area contributed by atoms with Crippen molar-refractivity contribution in [2.45, 2.75) is 12.8 Å². The van der Waals surface area contributed by atoms with Crippen LogP contribution in [0.4, 0.5) is 0 Å². The Kier molecular flexibility index (Phi) is 7.35. The highest BCUT2D eigenvalue weighted by molar-refractivity contribution is 14.1. The molecule has 29 heavy (non-hydrogen) atoms. The van der Waals surface area contributed by atoms with Crippen LogP contribution in [0.3, 0.4) is 0 Å². The van der Waals surface area contributed by atoms with E-state index in [-0.39, 0.29) is 11.8 Å². The van der Waals surface area contributed by atoms with Crippen LogP contribution < -0.4 is 14.8 Å². The summed E-state index contributed by atoms with van der Waals surface area (Å²) in [6.07, 6.45) is 1.73. The molecule has 1 saturated heterocycles. The van der Waals surface area contributed by atoms with E-state index in [1.807, 2.05) is 29.2 Å². The topological polar surface area (TPSA) is 67.9 Å². The number of nitrogens with zero attached hydrogens (tertiary/aromatic N) is 1. The fraction of sp³-hybridized carbons (Fsp3) is 0.364. The molecule has 2 aromatic carbocycles. The molecule has 1 aliphatic heterocycles. The molecule has 0 radical (unpaired) electrons. The van der Waals surface area contributed by atoms with Crippen molar-refractivity contribution in [1.29, 1.82) is 0 Å². The van der Waals surface area contributed by atoms with E-state index in [0.717, 1.165) is 16.4 Å². The molecule has 1 fully saturated rings. The van der Waals surface area contributed by atoms with Gasteiger partial charge in [-0.05, 0) is 71.7 Å². The van der Waals surface area contributed by atoms with Crippen LogP contribution >= 0.6 is 22.6 Å². The average Bonchev–Trinajstić information content (AvgIpc) is 2.77. The number of halogens is 1. The van der Waals surface area contributed by atoms with Crippen LogP contribution in [0.2, 0.25) is 0 Å². The standard InChI is InChI=1S/C22H25IN2O4/c1-28-19-8-7-16(13-20(19)29-2)22(27)25-11-9-15(10-12-25)14-24-21(26)17-5-3-4-6-18(17)23/h3-8,13,15H,9-12,14H2,1-2H3,(H,24,26). The fourth-order valence-corrected chi connectivity index (χ4v) is 4.10. The molecule has 0 bridgehead atoms. The normalized spacial score (nSPS) is 14.4. The van der Waals surface area contributed by atoms with Gasteiger partial charge in [-0.2, -0.15) is 0 Å². The Morgan fingerprint density at radius 1 is 1.07 bits per heavy atom. The zero-order chi connectivity index (χ0) is 20.8. The molecular formula is C22H25IN2O4. The highest BCUT2D eigenvalue weighted by atomic mass is 127. The second kappa shape index (κ2) is 9.96. The third kappa shape index (κ3) is 5.20. The third-order valence-corrected chi connectivity index (χ3v) is 6.14. The van der Waals surface area contributed by atoms with E-state index < -0.39 is 0 Å². The van der Waals surface area contributed by atoms with Crippen LogP contribution in [0.15, 0.2) is 42.5 Å². The minimum Gasteiger partial charge on any atom is -0.493 e. The Balaban J connectivity index is 1.52. The first-order valence-electron chi connectivity index (χ1n) is 9.57. The number of amides is 2. The van der Waals surface area contributed by atoms with Crippen LogP contribution in [-0.2, 0) is 0 Å². The van der Waals surface area contributed by atoms with Gasteiger partial charge in [0.2, 0.25) is 0 Å². The van der Waals surface area contributed by atoms with Crippen molar-refractivity contribution in [3.8, 4) is 11.5 Å². The zero-order valence-electron chi connectivity index (χ0n) is 16.6. The first-order valence-corrected chi connectivity index (χ1v) is 10.7. The molecule has 0 saturated carbocycles. The lowest BCUT2D eigenvalue weighted by atomic mass is 9.96. The Labute approximate surface area is 184 Å². The van der Waals surface area contributed by atoms with Gasteiger partial charge in [-0.3, -0.25) is 9.59 Å². The molecule has 1 aliphatic rings. The Morgan fingerprint density at radius 2 is 1.76 bits per heavy atom. The Morgan fingerprint density at radius 3 is 2.41 bits per heavy atom. The number of hydrogen-bond donors (Lipinski definition) is 1. The number of hydrogen-bond acceptors (Lipinski definition) is 4. The number of nitrogens with one attached hydrogen (secondary N) is 1. The summed E-state index contributed by atoms with van der Waals surface area (Å²) in [5.41, 5.74) is 1.29. The van der Waals surface area contributed by atoms with E-state index in [1.165, 1.54) is 0 Å². The lowest BCUT2D eigenvalue weighted by Gasteiger charge is -2.32. The van der Waals surface area contributed by atoms with E-state index in [9.17, 15) is 9.59 Å². The molecule has 7 heteroatoms. The molecule has 0 unspecified atom stereocenters. The quantitative estimate of drug-likeness (QED) is 0.606. The van der Waals surface area contributed by atoms with Gasteiger partial charge in [0.1, 0.15) is 0 Å². The molecular weight excluding hydrogens is 483 g/mol. The van der Waals surface area contributed by atoms with Crippen LogP contribution in [0, 0.1) is 9.49 Å². The molecule has 0 aliphatic carbocycles. The number of carbonyl (C=O) groups excluding carboxylic acids is 2. The van der Waals surface area contributed by atoms with Gasteiger partial charge in [0, 0.05) is 28.8 Å². The van der Waals surface area contributed by atoms with E-state index in [4.69, 9.17) is 9.47 Å². The molecule has 1 heterocycles. The van der Waals surface area contributed by atoms with Crippen LogP contribution in [0.25, 0.3) is 0 Å². The summed E-state index contributed by atoms with van der Waals surface area (Å²) in [7, 11) is 3.13. The fourth-order valence-electron chi connectivity index (χ4n) is 3.47. The lowest BCUT2D eigenvalue weighted by Crippen LogP contribution is -2.41. The minimum absolute atomic E-state index is 0.00715. The number of benzene rings is 2. The predicted octanol–water partition coefficient (Wildman–Crippen LogP) is 3.59. The summed E-state index contributed by atoms with van der Waals surface area (Å²) in [4.78, 5) is 27.1. The number of ether oxygens (including phenoxy) is 2. The van der Waals surface area contributed by atoms with Gasteiger partial charge in [0.15, 0.2) is 11.5 Å². The van der Waals surface area contributed by atoms with E-state index in [1.54, 1.807) is 32.4 Å². The minimum atomic E-state index is -0.0427. The number of rotatable bonds is 6. The lowest BCUT2D eigenvalue weighted by molar-refractivity contribution is 0.0684. The summed E-state index contributed by atoms with van der Waals surface area (Å²) in [6.45, 7) is 1.98. The smallest absolute Gasteiger partial charge is 0.253 e. The van der Waals surface area contributed by atoms with Crippen molar-refractivity contribution in [2.75, 3.05) is 33.9 Å². The van der Waals surface area contributed by atoms with Crippen molar-refractivity contribution in [3.05, 3.63) is 57.2 Å². The second-order valence-electron chi connectivity index (χ2n) is 7.00. The summed E-state index contributed by atoms with van der Waals surface area (Å²) in [6, 6.07) is 12.8. The number of carbonyl (C=O) groups is 2. The number of methoxy groups -OCH3 is 2. The molecule has 154 valence electrons. The van der Waals surface area contributed by atoms with Gasteiger partial charge in [-0.15, -0.1) is 0 Å². The Hall–Kier alpha value is -2.29. The molecule has 2 aromatic rings. The maximum Gasteiger partial charge on any atom is 0.253 e. The van der Waals surface area contributed by atoms with Crippen molar-refractivity contribution < 1.29 is 19.1 Å². The van der Waals surface area contributed by atoms with E-state index in [2.05, 4.69) is 27.9 Å². The number of likely N-dealkylation sites (tertiary alicyclic amines) is 1. The van der Waals surface area contributed by atoms with Crippen molar-refractivity contribution in [1.82, 2.24) is 10.2 Å². The highest BCUT2D eigenvalue weighted by Gasteiger charge is 2.25. The molecule has 0 atom stereocenters. The predicted molar refractivity (Wildman–Crippen MR) is 120 cm³/mol.